The van der Waals surface area contributed by atoms with Gasteiger partial charge in [-0.3, -0.25) is 0 Å². The largest absolute Gasteiger partial charge is 0.433 e. The molecule has 84 valence electrons. The molecule has 0 radical (unpaired) electrons. The molecule has 0 saturated carbocycles. The van der Waals surface area contributed by atoms with E-state index in [2.05, 4.69) is 4.98 Å². The maximum Gasteiger partial charge on any atom is 0.433 e. The second-order valence-corrected chi connectivity index (χ2v) is 2.97. The first kappa shape index (κ1) is 12.0. The van der Waals surface area contributed by atoms with E-state index in [1.807, 2.05) is 0 Å². The van der Waals surface area contributed by atoms with E-state index in [9.17, 15) is 22.0 Å². The van der Waals surface area contributed by atoms with Gasteiger partial charge in [0, 0.05) is 0 Å². The van der Waals surface area contributed by atoms with Crippen molar-refractivity contribution in [3.63, 3.8) is 0 Å². The minimum absolute atomic E-state index is 0.411. The quantitative estimate of drug-likeness (QED) is 0.773. The standard InChI is InChI=1S/C7H4ClF5N2/c8-4-2(14)1-3(7(11,12)13)15-5(4)6(9)10/h1,6H,(H2,14,15). The minimum Gasteiger partial charge on any atom is -0.397 e. The third-order valence-electron chi connectivity index (χ3n) is 1.51. The molecule has 1 heterocycles. The Morgan fingerprint density at radius 2 is 1.87 bits per heavy atom. The molecule has 0 fully saturated rings. The monoisotopic (exact) mass is 246 g/mol. The van der Waals surface area contributed by atoms with E-state index in [0.717, 1.165) is 0 Å². The third-order valence-corrected chi connectivity index (χ3v) is 1.92. The van der Waals surface area contributed by atoms with Crippen LogP contribution in [0.1, 0.15) is 17.8 Å². The van der Waals surface area contributed by atoms with Gasteiger partial charge in [0.25, 0.3) is 6.43 Å². The van der Waals surface area contributed by atoms with Crippen LogP contribution in [0.5, 0.6) is 0 Å². The first-order valence-corrected chi connectivity index (χ1v) is 3.92. The maximum atomic E-state index is 12.2. The highest BCUT2D eigenvalue weighted by Crippen LogP contribution is 2.35. The van der Waals surface area contributed by atoms with Crippen LogP contribution in [0.2, 0.25) is 5.02 Å². The summed E-state index contributed by atoms with van der Waals surface area (Å²) in [5, 5.41) is -0.655. The lowest BCUT2D eigenvalue weighted by Crippen LogP contribution is -2.11. The number of pyridine rings is 1. The van der Waals surface area contributed by atoms with Crippen molar-refractivity contribution < 1.29 is 22.0 Å². The zero-order valence-corrected chi connectivity index (χ0v) is 7.70. The summed E-state index contributed by atoms with van der Waals surface area (Å²) in [6.45, 7) is 0. The van der Waals surface area contributed by atoms with E-state index in [0.29, 0.717) is 6.07 Å². The highest BCUT2D eigenvalue weighted by atomic mass is 35.5. The van der Waals surface area contributed by atoms with Crippen LogP contribution in [0.4, 0.5) is 27.6 Å². The summed E-state index contributed by atoms with van der Waals surface area (Å²) < 4.78 is 60.8. The first-order valence-electron chi connectivity index (χ1n) is 3.54. The van der Waals surface area contributed by atoms with Gasteiger partial charge in [-0.2, -0.15) is 13.2 Å². The molecular weight excluding hydrogens is 243 g/mol. The number of hydrogen-bond donors (Lipinski definition) is 1. The number of halogens is 6. The van der Waals surface area contributed by atoms with Crippen molar-refractivity contribution in [3.05, 3.63) is 22.5 Å². The van der Waals surface area contributed by atoms with Crippen molar-refractivity contribution in [1.82, 2.24) is 4.98 Å². The molecule has 8 heteroatoms. The second-order valence-electron chi connectivity index (χ2n) is 2.59. The molecule has 1 aromatic rings. The summed E-state index contributed by atoms with van der Waals surface area (Å²) in [7, 11) is 0. The van der Waals surface area contributed by atoms with E-state index < -0.39 is 34.7 Å². The molecule has 0 amide bonds. The van der Waals surface area contributed by atoms with Gasteiger partial charge in [-0.1, -0.05) is 11.6 Å². The number of aromatic nitrogens is 1. The first-order chi connectivity index (χ1) is 6.73. The maximum absolute atomic E-state index is 12.2. The van der Waals surface area contributed by atoms with Crippen LogP contribution in [-0.2, 0) is 6.18 Å². The van der Waals surface area contributed by atoms with Gasteiger partial charge in [0.15, 0.2) is 0 Å². The Balaban J connectivity index is 3.36. The third kappa shape index (κ3) is 2.47. The molecule has 0 aromatic carbocycles. The Morgan fingerprint density at radius 3 is 2.27 bits per heavy atom. The lowest BCUT2D eigenvalue weighted by atomic mass is 10.2. The van der Waals surface area contributed by atoms with Gasteiger partial charge < -0.3 is 5.73 Å². The second kappa shape index (κ2) is 3.80. The molecule has 0 aliphatic heterocycles. The van der Waals surface area contributed by atoms with E-state index >= 15 is 0 Å². The van der Waals surface area contributed by atoms with Crippen molar-refractivity contribution in [2.45, 2.75) is 12.6 Å². The van der Waals surface area contributed by atoms with Gasteiger partial charge in [-0.25, -0.2) is 13.8 Å². The van der Waals surface area contributed by atoms with Gasteiger partial charge in [-0.15, -0.1) is 0 Å². The van der Waals surface area contributed by atoms with Crippen LogP contribution in [0.15, 0.2) is 6.07 Å². The van der Waals surface area contributed by atoms with Gasteiger partial charge in [0.1, 0.15) is 11.4 Å². The van der Waals surface area contributed by atoms with Crippen LogP contribution in [0.3, 0.4) is 0 Å². The minimum atomic E-state index is -4.83. The molecule has 0 spiro atoms. The van der Waals surface area contributed by atoms with Crippen molar-refractivity contribution >= 4 is 17.3 Å². The van der Waals surface area contributed by atoms with E-state index in [1.54, 1.807) is 0 Å². The molecule has 2 N–H and O–H groups in total. The average molecular weight is 247 g/mol. The fraction of sp³-hybridized carbons (Fsp3) is 0.286. The summed E-state index contributed by atoms with van der Waals surface area (Å²) in [5.41, 5.74) is 1.83. The number of nitrogens with zero attached hydrogens (tertiary/aromatic N) is 1. The Bertz CT molecular complexity index is 376. The van der Waals surface area contributed by atoms with Crippen LogP contribution in [-0.4, -0.2) is 4.98 Å². The summed E-state index contributed by atoms with van der Waals surface area (Å²) in [4.78, 5) is 2.72. The molecular formula is C7H4ClF5N2. The van der Waals surface area contributed by atoms with Gasteiger partial charge in [0.05, 0.1) is 10.7 Å². The Morgan fingerprint density at radius 1 is 1.33 bits per heavy atom. The Labute approximate surface area is 85.9 Å². The molecule has 0 unspecified atom stereocenters. The van der Waals surface area contributed by atoms with Gasteiger partial charge >= 0.3 is 6.18 Å². The van der Waals surface area contributed by atoms with E-state index in [1.165, 1.54) is 0 Å². The predicted molar refractivity (Wildman–Crippen MR) is 43.6 cm³/mol. The van der Waals surface area contributed by atoms with Gasteiger partial charge in [0.2, 0.25) is 0 Å². The lowest BCUT2D eigenvalue weighted by molar-refractivity contribution is -0.141. The zero-order chi connectivity index (χ0) is 11.8. The summed E-state index contributed by atoms with van der Waals surface area (Å²) >= 11 is 5.28. The number of hydrogen-bond acceptors (Lipinski definition) is 2. The number of rotatable bonds is 1. The van der Waals surface area contributed by atoms with Crippen LogP contribution in [0, 0.1) is 0 Å². The Kier molecular flexibility index (Phi) is 3.03. The summed E-state index contributed by atoms with van der Waals surface area (Å²) in [6, 6.07) is 0.411. The van der Waals surface area contributed by atoms with Crippen molar-refractivity contribution in [3.8, 4) is 0 Å². The summed E-state index contributed by atoms with van der Waals surface area (Å²) in [5.74, 6) is 0. The number of nitrogen functional groups attached to an aromatic ring is 1. The van der Waals surface area contributed by atoms with E-state index in [-0.39, 0.29) is 0 Å². The lowest BCUT2D eigenvalue weighted by Gasteiger charge is -2.10. The SMILES string of the molecule is Nc1cc(C(F)(F)F)nc(C(F)F)c1Cl. The van der Waals surface area contributed by atoms with Crippen molar-refractivity contribution in [2.75, 3.05) is 5.73 Å². The highest BCUT2D eigenvalue weighted by Gasteiger charge is 2.34. The normalized spacial score (nSPS) is 12.2. The van der Waals surface area contributed by atoms with E-state index in [4.69, 9.17) is 17.3 Å². The van der Waals surface area contributed by atoms with Gasteiger partial charge in [-0.05, 0) is 6.07 Å². The molecule has 0 atom stereocenters. The molecule has 0 bridgehead atoms. The fourth-order valence-corrected chi connectivity index (χ4v) is 1.04. The average Bonchev–Trinajstić information content (AvgIpc) is 2.06. The fourth-order valence-electron chi connectivity index (χ4n) is 0.859. The number of anilines is 1. The smallest absolute Gasteiger partial charge is 0.397 e. The molecule has 0 aliphatic rings. The summed E-state index contributed by atoms with van der Waals surface area (Å²) in [6.07, 6.45) is -8.04. The highest BCUT2D eigenvalue weighted by molar-refractivity contribution is 6.33. The molecule has 0 saturated heterocycles. The Hall–Kier alpha value is -1.11. The molecule has 15 heavy (non-hydrogen) atoms. The van der Waals surface area contributed by atoms with Crippen molar-refractivity contribution in [2.24, 2.45) is 0 Å². The van der Waals surface area contributed by atoms with Crippen LogP contribution in [0.25, 0.3) is 0 Å². The number of nitrogens with two attached hydrogens (primary N) is 1. The molecule has 2 nitrogen and oxygen atoms in total. The van der Waals surface area contributed by atoms with Crippen LogP contribution < -0.4 is 5.73 Å². The zero-order valence-electron chi connectivity index (χ0n) is 6.95. The van der Waals surface area contributed by atoms with Crippen LogP contribution >= 0.6 is 11.6 Å². The number of alkyl halides is 5. The predicted octanol–water partition coefficient (Wildman–Crippen LogP) is 3.27. The molecule has 1 rings (SSSR count). The topological polar surface area (TPSA) is 38.9 Å². The van der Waals surface area contributed by atoms with Crippen molar-refractivity contribution in [1.29, 1.82) is 0 Å². The molecule has 0 aliphatic carbocycles. The molecule has 1 aromatic heterocycles.